The Labute approximate surface area is 155 Å². The Morgan fingerprint density at radius 2 is 1.63 bits per heavy atom. The molecule has 1 amide bonds. The maximum Gasteiger partial charge on any atom is 0.417 e. The summed E-state index contributed by atoms with van der Waals surface area (Å²) in [5.74, 6) is -0.626. The Morgan fingerprint density at radius 1 is 1.04 bits per heavy atom. The van der Waals surface area contributed by atoms with Gasteiger partial charge in [-0.15, -0.1) is 0 Å². The molecule has 2 rings (SSSR count). The highest BCUT2D eigenvalue weighted by molar-refractivity contribution is 7.89. The van der Waals surface area contributed by atoms with Gasteiger partial charge in [0.1, 0.15) is 0 Å². The number of amides is 1. The van der Waals surface area contributed by atoms with Crippen LogP contribution in [0.4, 0.5) is 13.2 Å². The molecule has 0 bridgehead atoms. The number of halogens is 3. The maximum atomic E-state index is 13.0. The predicted molar refractivity (Wildman–Crippen MR) is 94.4 cm³/mol. The first-order valence-corrected chi connectivity index (χ1v) is 9.60. The van der Waals surface area contributed by atoms with Crippen LogP contribution in [0.25, 0.3) is 0 Å². The first-order chi connectivity index (χ1) is 12.6. The van der Waals surface area contributed by atoms with E-state index in [1.165, 1.54) is 13.0 Å². The standard InChI is InChI=1S/C18H19F3N2O3S/c1-13(17(24)22-12-11-14-7-3-2-4-8-14)23-27(25,26)16-10-6-5-9-15(16)18(19,20)21/h2-10,13,23H,11-12H2,1H3,(H,22,24)/t13-/m0/s1. The summed E-state index contributed by atoms with van der Waals surface area (Å²) < 4.78 is 65.7. The molecular weight excluding hydrogens is 381 g/mol. The van der Waals surface area contributed by atoms with Crippen LogP contribution < -0.4 is 10.0 Å². The van der Waals surface area contributed by atoms with Crippen molar-refractivity contribution < 1.29 is 26.4 Å². The van der Waals surface area contributed by atoms with Gasteiger partial charge in [0, 0.05) is 6.54 Å². The summed E-state index contributed by atoms with van der Waals surface area (Å²) in [4.78, 5) is 11.1. The lowest BCUT2D eigenvalue weighted by atomic mass is 10.1. The number of carbonyl (C=O) groups is 1. The van der Waals surface area contributed by atoms with Gasteiger partial charge in [-0.25, -0.2) is 8.42 Å². The highest BCUT2D eigenvalue weighted by atomic mass is 32.2. The van der Waals surface area contributed by atoms with Crippen molar-refractivity contribution in [3.8, 4) is 0 Å². The lowest BCUT2D eigenvalue weighted by Crippen LogP contribution is -2.45. The molecule has 2 aromatic carbocycles. The van der Waals surface area contributed by atoms with Crippen LogP contribution in [0.3, 0.4) is 0 Å². The van der Waals surface area contributed by atoms with E-state index in [-0.39, 0.29) is 6.54 Å². The highest BCUT2D eigenvalue weighted by Gasteiger charge is 2.37. The molecule has 0 spiro atoms. The molecule has 27 heavy (non-hydrogen) atoms. The summed E-state index contributed by atoms with van der Waals surface area (Å²) in [6.07, 6.45) is -4.28. The number of nitrogens with one attached hydrogen (secondary N) is 2. The third-order valence-electron chi connectivity index (χ3n) is 3.76. The molecule has 0 aliphatic heterocycles. The van der Waals surface area contributed by atoms with E-state index in [2.05, 4.69) is 5.32 Å². The van der Waals surface area contributed by atoms with Crippen LogP contribution in [0.1, 0.15) is 18.1 Å². The minimum Gasteiger partial charge on any atom is -0.354 e. The summed E-state index contributed by atoms with van der Waals surface area (Å²) in [7, 11) is -4.53. The zero-order valence-electron chi connectivity index (χ0n) is 14.5. The molecule has 0 heterocycles. The Hall–Kier alpha value is -2.39. The molecule has 2 N–H and O–H groups in total. The molecule has 5 nitrogen and oxygen atoms in total. The molecule has 2 aromatic rings. The average molecular weight is 400 g/mol. The molecule has 0 aliphatic rings. The van der Waals surface area contributed by atoms with Gasteiger partial charge in [0.15, 0.2) is 0 Å². The second-order valence-electron chi connectivity index (χ2n) is 5.86. The fourth-order valence-electron chi connectivity index (χ4n) is 2.41. The number of hydrogen-bond acceptors (Lipinski definition) is 3. The van der Waals surface area contributed by atoms with Crippen molar-refractivity contribution in [3.63, 3.8) is 0 Å². The molecule has 0 saturated heterocycles. The Morgan fingerprint density at radius 3 is 2.26 bits per heavy atom. The van der Waals surface area contributed by atoms with E-state index in [9.17, 15) is 26.4 Å². The van der Waals surface area contributed by atoms with Crippen molar-refractivity contribution >= 4 is 15.9 Å². The zero-order chi connectivity index (χ0) is 20.1. The van der Waals surface area contributed by atoms with Crippen LogP contribution in [0.2, 0.25) is 0 Å². The Kier molecular flexibility index (Phi) is 6.61. The third-order valence-corrected chi connectivity index (χ3v) is 5.36. The van der Waals surface area contributed by atoms with Crippen molar-refractivity contribution in [2.24, 2.45) is 0 Å². The van der Waals surface area contributed by atoms with Gasteiger partial charge in [-0.3, -0.25) is 4.79 Å². The van der Waals surface area contributed by atoms with Crippen molar-refractivity contribution in [3.05, 3.63) is 65.7 Å². The summed E-state index contributed by atoms with van der Waals surface area (Å²) in [5.41, 5.74) is -0.292. The smallest absolute Gasteiger partial charge is 0.354 e. The van der Waals surface area contributed by atoms with Crippen LogP contribution in [0, 0.1) is 0 Å². The van der Waals surface area contributed by atoms with Crippen LogP contribution in [-0.2, 0) is 27.4 Å². The Bertz CT molecular complexity index is 884. The van der Waals surface area contributed by atoms with Crippen molar-refractivity contribution in [2.45, 2.75) is 30.5 Å². The first-order valence-electron chi connectivity index (χ1n) is 8.11. The molecule has 0 fully saturated rings. The van der Waals surface area contributed by atoms with Crippen molar-refractivity contribution in [1.82, 2.24) is 10.0 Å². The number of benzene rings is 2. The van der Waals surface area contributed by atoms with E-state index in [1.54, 1.807) is 0 Å². The van der Waals surface area contributed by atoms with Crippen molar-refractivity contribution in [2.75, 3.05) is 6.54 Å². The first kappa shape index (κ1) is 20.9. The van der Waals surface area contributed by atoms with Gasteiger partial charge in [-0.1, -0.05) is 42.5 Å². The highest BCUT2D eigenvalue weighted by Crippen LogP contribution is 2.33. The summed E-state index contributed by atoms with van der Waals surface area (Å²) in [6.45, 7) is 1.54. The van der Waals surface area contributed by atoms with Gasteiger partial charge in [-0.05, 0) is 31.0 Å². The molecule has 0 aromatic heterocycles. The number of sulfonamides is 1. The molecular formula is C18H19F3N2O3S. The van der Waals surface area contributed by atoms with Crippen LogP contribution in [0.5, 0.6) is 0 Å². The lowest BCUT2D eigenvalue weighted by Gasteiger charge is -2.17. The van der Waals surface area contributed by atoms with Crippen LogP contribution in [-0.4, -0.2) is 26.9 Å². The number of alkyl halides is 3. The normalized spacial score (nSPS) is 13.2. The fourth-order valence-corrected chi connectivity index (χ4v) is 3.84. The second-order valence-corrected chi connectivity index (χ2v) is 7.55. The van der Waals surface area contributed by atoms with E-state index in [4.69, 9.17) is 0 Å². The monoisotopic (exact) mass is 400 g/mol. The van der Waals surface area contributed by atoms with Gasteiger partial charge < -0.3 is 5.32 Å². The molecule has 0 radical (unpaired) electrons. The predicted octanol–water partition coefficient (Wildman–Crippen LogP) is 2.73. The molecule has 0 unspecified atom stereocenters. The SMILES string of the molecule is C[C@H](NS(=O)(=O)c1ccccc1C(F)(F)F)C(=O)NCCc1ccccc1. The topological polar surface area (TPSA) is 75.3 Å². The number of rotatable bonds is 7. The Balaban J connectivity index is 2.02. The van der Waals surface area contributed by atoms with Gasteiger partial charge >= 0.3 is 6.18 Å². The van der Waals surface area contributed by atoms with E-state index < -0.39 is 38.6 Å². The van der Waals surface area contributed by atoms with Gasteiger partial charge in [0.25, 0.3) is 0 Å². The number of carbonyl (C=O) groups excluding carboxylic acids is 1. The zero-order valence-corrected chi connectivity index (χ0v) is 15.3. The fraction of sp³-hybridized carbons (Fsp3) is 0.278. The molecule has 1 atom stereocenters. The minimum absolute atomic E-state index is 0.272. The van der Waals surface area contributed by atoms with Crippen molar-refractivity contribution in [1.29, 1.82) is 0 Å². The van der Waals surface area contributed by atoms with Crippen LogP contribution in [0.15, 0.2) is 59.5 Å². The summed E-state index contributed by atoms with van der Waals surface area (Å²) in [6, 6.07) is 11.9. The molecule has 0 saturated carbocycles. The van der Waals surface area contributed by atoms with E-state index >= 15 is 0 Å². The van der Waals surface area contributed by atoms with Crippen LogP contribution >= 0.6 is 0 Å². The van der Waals surface area contributed by atoms with E-state index in [1.807, 2.05) is 35.1 Å². The lowest BCUT2D eigenvalue weighted by molar-refractivity contribution is -0.139. The summed E-state index contributed by atoms with van der Waals surface area (Å²) in [5, 5.41) is 2.56. The molecule has 146 valence electrons. The second kappa shape index (κ2) is 8.53. The molecule has 9 heteroatoms. The minimum atomic E-state index is -4.83. The maximum absolute atomic E-state index is 13.0. The van der Waals surface area contributed by atoms with E-state index in [0.717, 1.165) is 17.7 Å². The average Bonchev–Trinajstić information content (AvgIpc) is 2.61. The van der Waals surface area contributed by atoms with Gasteiger partial charge in [0.2, 0.25) is 15.9 Å². The largest absolute Gasteiger partial charge is 0.417 e. The number of hydrogen-bond donors (Lipinski definition) is 2. The van der Waals surface area contributed by atoms with E-state index in [0.29, 0.717) is 12.5 Å². The third kappa shape index (κ3) is 5.80. The quantitative estimate of drug-likeness (QED) is 0.751. The van der Waals surface area contributed by atoms with Gasteiger partial charge in [-0.2, -0.15) is 17.9 Å². The van der Waals surface area contributed by atoms with Gasteiger partial charge in [0.05, 0.1) is 16.5 Å². The molecule has 0 aliphatic carbocycles. The summed E-state index contributed by atoms with van der Waals surface area (Å²) >= 11 is 0.